The number of aromatic amines is 1. The van der Waals surface area contributed by atoms with Crippen LogP contribution in [-0.4, -0.2) is 48.1 Å². The van der Waals surface area contributed by atoms with Gasteiger partial charge in [0.1, 0.15) is 5.10 Å². The second-order valence-electron chi connectivity index (χ2n) is 6.13. The Bertz CT molecular complexity index is 803. The summed E-state index contributed by atoms with van der Waals surface area (Å²) in [5, 5.41) is 20.9. The van der Waals surface area contributed by atoms with E-state index in [9.17, 15) is 14.9 Å². The molecule has 0 spiro atoms. The molecule has 2 rings (SSSR count). The normalized spacial score (nSPS) is 12.7. The van der Waals surface area contributed by atoms with E-state index in [0.29, 0.717) is 25.9 Å². The van der Waals surface area contributed by atoms with Gasteiger partial charge in [0, 0.05) is 36.6 Å². The van der Waals surface area contributed by atoms with Gasteiger partial charge >= 0.3 is 0 Å². The first-order valence-corrected chi connectivity index (χ1v) is 8.85. The number of fused-ring (bicyclic) bond motifs is 1. The maximum atomic E-state index is 12.3. The smallest absolute Gasteiger partial charge is 0.278 e. The zero-order valence-corrected chi connectivity index (χ0v) is 15.3. The average Bonchev–Trinajstić information content (AvgIpc) is 3.04. The number of H-pyrrole nitrogens is 1. The molecule has 7 N–H and O–H groups in total. The first kappa shape index (κ1) is 20.2. The fraction of sp³-hybridized carbons (Fsp3) is 0.412. The lowest BCUT2D eigenvalue weighted by atomic mass is 10.1. The van der Waals surface area contributed by atoms with Gasteiger partial charge in [0.25, 0.3) is 11.9 Å². The van der Waals surface area contributed by atoms with Gasteiger partial charge in [-0.3, -0.25) is 4.79 Å². The van der Waals surface area contributed by atoms with Crippen LogP contribution in [0.25, 0.3) is 10.9 Å². The van der Waals surface area contributed by atoms with Crippen LogP contribution in [0.1, 0.15) is 18.4 Å². The number of quaternary nitrogens is 1. The van der Waals surface area contributed by atoms with Crippen LogP contribution in [0.2, 0.25) is 0 Å². The Labute approximate surface area is 156 Å². The molecular weight excluding hydrogens is 350 g/mol. The number of aromatic nitrogens is 1. The number of likely N-dealkylation sites (N-methyl/N-ethyl adjacent to an activating group) is 1. The van der Waals surface area contributed by atoms with Crippen molar-refractivity contribution in [2.75, 3.05) is 20.1 Å². The minimum atomic E-state index is -0.855. The van der Waals surface area contributed by atoms with Crippen molar-refractivity contribution in [1.29, 1.82) is 0 Å². The Morgan fingerprint density at radius 2 is 2.15 bits per heavy atom. The van der Waals surface area contributed by atoms with Gasteiger partial charge < -0.3 is 26.7 Å². The van der Waals surface area contributed by atoms with Gasteiger partial charge in [0.05, 0.1) is 7.05 Å². The van der Waals surface area contributed by atoms with Gasteiger partial charge in [0.2, 0.25) is 0 Å². The van der Waals surface area contributed by atoms with Crippen LogP contribution in [-0.2, 0) is 11.2 Å². The summed E-state index contributed by atoms with van der Waals surface area (Å²) in [5.74, 6) is -0.260. The van der Waals surface area contributed by atoms with Crippen LogP contribution < -0.4 is 21.7 Å². The van der Waals surface area contributed by atoms with Crippen LogP contribution in [0, 0.1) is 10.1 Å². The van der Waals surface area contributed by atoms with Crippen molar-refractivity contribution >= 4 is 22.8 Å². The second kappa shape index (κ2) is 10.1. The number of nitrogens with zero attached hydrogens (tertiary/aromatic N) is 2. The number of hydrogen-bond acceptors (Lipinski definition) is 3. The van der Waals surface area contributed by atoms with Crippen LogP contribution in [0.5, 0.6) is 0 Å². The lowest BCUT2D eigenvalue weighted by molar-refractivity contribution is -0.650. The molecule has 1 aromatic carbocycles. The third-order valence-corrected chi connectivity index (χ3v) is 4.30. The molecule has 0 fully saturated rings. The van der Waals surface area contributed by atoms with Gasteiger partial charge in [-0.2, -0.15) is 0 Å². The van der Waals surface area contributed by atoms with Crippen LogP contribution in [0.4, 0.5) is 0 Å². The summed E-state index contributed by atoms with van der Waals surface area (Å²) < 4.78 is 0. The molecule has 10 nitrogen and oxygen atoms in total. The molecular formula is C17H26N7O3+. The van der Waals surface area contributed by atoms with E-state index in [2.05, 4.69) is 26.8 Å². The van der Waals surface area contributed by atoms with Crippen LogP contribution in [0.3, 0.4) is 0 Å². The molecule has 0 saturated heterocycles. The third kappa shape index (κ3) is 6.26. The van der Waals surface area contributed by atoms with Gasteiger partial charge in [-0.1, -0.05) is 18.2 Å². The van der Waals surface area contributed by atoms with E-state index in [0.717, 1.165) is 11.9 Å². The number of amides is 1. The van der Waals surface area contributed by atoms with Gasteiger partial charge in [-0.15, -0.1) is 0 Å². The Balaban J connectivity index is 1.72. The molecule has 1 heterocycles. The molecule has 0 saturated carbocycles. The lowest BCUT2D eigenvalue weighted by Crippen LogP contribution is -2.89. The summed E-state index contributed by atoms with van der Waals surface area (Å²) in [6.45, 7) is 0.974. The first-order valence-electron chi connectivity index (χ1n) is 8.85. The van der Waals surface area contributed by atoms with E-state index in [1.807, 2.05) is 36.8 Å². The quantitative estimate of drug-likeness (QED) is 0.121. The van der Waals surface area contributed by atoms with Crippen molar-refractivity contribution in [3.8, 4) is 0 Å². The molecule has 1 atom stereocenters. The summed E-state index contributed by atoms with van der Waals surface area (Å²) >= 11 is 0. The number of hydrogen-bond donors (Lipinski definition) is 5. The zero-order valence-electron chi connectivity index (χ0n) is 15.3. The largest absolute Gasteiger partial charge is 0.365 e. The van der Waals surface area contributed by atoms with Crippen LogP contribution >= 0.6 is 0 Å². The maximum absolute atomic E-state index is 12.3. The molecule has 10 heteroatoms. The first-order chi connectivity index (χ1) is 13.0. The lowest BCUT2D eigenvalue weighted by Gasteiger charge is -2.13. The molecule has 0 radical (unpaired) electrons. The molecule has 0 unspecified atom stereocenters. The summed E-state index contributed by atoms with van der Waals surface area (Å²) in [6.07, 6.45) is 3.98. The summed E-state index contributed by atoms with van der Waals surface area (Å²) in [6, 6.07) is 7.85. The van der Waals surface area contributed by atoms with Gasteiger partial charge in [-0.05, 0) is 24.5 Å². The average molecular weight is 376 g/mol. The predicted molar refractivity (Wildman–Crippen MR) is 103 cm³/mol. The van der Waals surface area contributed by atoms with Gasteiger partial charge in [0.15, 0.2) is 11.1 Å². The minimum absolute atomic E-state index is 0.0238. The monoisotopic (exact) mass is 376 g/mol. The molecule has 0 bridgehead atoms. The number of nitrogens with one attached hydrogen (secondary N) is 3. The number of benzene rings is 1. The number of guanidine groups is 1. The fourth-order valence-corrected chi connectivity index (χ4v) is 2.90. The minimum Gasteiger partial charge on any atom is -0.365 e. The highest BCUT2D eigenvalue weighted by molar-refractivity contribution is 5.83. The number of hydrazone groups is 1. The predicted octanol–water partition coefficient (Wildman–Crippen LogP) is -0.735. The van der Waals surface area contributed by atoms with E-state index < -0.39 is 5.03 Å². The fourth-order valence-electron chi connectivity index (χ4n) is 2.90. The Morgan fingerprint density at radius 3 is 2.89 bits per heavy atom. The van der Waals surface area contributed by atoms with Crippen molar-refractivity contribution in [3.63, 3.8) is 0 Å². The van der Waals surface area contributed by atoms with Crippen molar-refractivity contribution in [2.45, 2.75) is 25.3 Å². The molecule has 0 aliphatic heterocycles. The molecule has 27 heavy (non-hydrogen) atoms. The van der Waals surface area contributed by atoms with Crippen molar-refractivity contribution in [3.05, 3.63) is 46.1 Å². The zero-order chi connectivity index (χ0) is 19.6. The summed E-state index contributed by atoms with van der Waals surface area (Å²) in [4.78, 5) is 25.7. The summed E-state index contributed by atoms with van der Waals surface area (Å²) in [5.41, 5.74) is 7.61. The highest BCUT2D eigenvalue weighted by Crippen LogP contribution is 2.17. The van der Waals surface area contributed by atoms with Crippen molar-refractivity contribution in [1.82, 2.24) is 15.6 Å². The molecule has 1 aromatic heterocycles. The SMILES string of the molecule is C[NH2+][C@@H](CCCN/C(N)=N/[N+](=O)[O-])C(=O)NCCc1c[nH]c2ccccc12. The molecule has 1 amide bonds. The second-order valence-corrected chi connectivity index (χ2v) is 6.13. The number of rotatable bonds is 10. The van der Waals surface area contributed by atoms with E-state index in [1.165, 1.54) is 10.9 Å². The van der Waals surface area contributed by atoms with E-state index in [1.54, 1.807) is 0 Å². The number of nitrogens with two attached hydrogens (primary N) is 2. The highest BCUT2D eigenvalue weighted by Gasteiger charge is 2.19. The maximum Gasteiger partial charge on any atom is 0.278 e. The molecule has 0 aliphatic rings. The summed E-state index contributed by atoms with van der Waals surface area (Å²) in [7, 11) is 1.85. The van der Waals surface area contributed by atoms with Gasteiger partial charge in [-0.25, -0.2) is 10.1 Å². The Kier molecular flexibility index (Phi) is 7.56. The highest BCUT2D eigenvalue weighted by atomic mass is 16.7. The van der Waals surface area contributed by atoms with E-state index >= 15 is 0 Å². The number of carbonyl (C=O) groups excluding carboxylic acids is 1. The third-order valence-electron chi connectivity index (χ3n) is 4.30. The topological polar surface area (TPSA) is 155 Å². The van der Waals surface area contributed by atoms with E-state index in [-0.39, 0.29) is 17.9 Å². The number of para-hydroxylation sites is 1. The van der Waals surface area contributed by atoms with Crippen LogP contribution in [0.15, 0.2) is 35.6 Å². The Morgan fingerprint density at radius 1 is 1.37 bits per heavy atom. The number of carbonyl (C=O) groups is 1. The van der Waals surface area contributed by atoms with Crippen molar-refractivity contribution in [2.24, 2.45) is 10.8 Å². The molecule has 0 aliphatic carbocycles. The Hall–Kier alpha value is -3.14. The van der Waals surface area contributed by atoms with E-state index in [4.69, 9.17) is 5.73 Å². The molecule has 2 aromatic rings. The standard InChI is InChI=1S/C17H25N7O3/c1-19-15(7-4-9-21-17(18)23-24(26)27)16(25)20-10-8-12-11-22-14-6-3-2-5-13(12)14/h2-3,5-6,11,15,19,22H,4,7-10H2,1H3,(H,20,25)(H3,18,21,23)/p+1/t15-/m0/s1. The number of nitro groups is 1. The van der Waals surface area contributed by atoms with Crippen molar-refractivity contribution < 1.29 is 15.1 Å². The molecule has 146 valence electrons.